The highest BCUT2D eigenvalue weighted by Gasteiger charge is 2.48. The smallest absolute Gasteiger partial charge is 0.324 e. The van der Waals surface area contributed by atoms with Gasteiger partial charge in [-0.2, -0.15) is 8.78 Å². The Morgan fingerprint density at radius 3 is 2.75 bits per heavy atom. The molecule has 0 fully saturated rings. The predicted molar refractivity (Wildman–Crippen MR) is 65.4 cm³/mol. The molecule has 0 saturated heterocycles. The number of thioether (sulfide) groups is 1. The van der Waals surface area contributed by atoms with Crippen LogP contribution in [-0.2, 0) is 9.59 Å². The lowest BCUT2D eigenvalue weighted by Gasteiger charge is -2.18. The minimum absolute atomic E-state index is 0.100. The molecule has 108 valence electrons. The van der Waals surface area contributed by atoms with Crippen molar-refractivity contribution in [1.29, 1.82) is 0 Å². The zero-order valence-electron chi connectivity index (χ0n) is 9.75. The third kappa shape index (κ3) is 2.87. The molecular formula is C11H8F4N2O2S. The fourth-order valence-electron chi connectivity index (χ4n) is 1.47. The second kappa shape index (κ2) is 5.31. The molecule has 0 bridgehead atoms. The normalized spacial score (nSPS) is 14.8. The fraction of sp³-hybridized carbons (Fsp3) is 0.273. The summed E-state index contributed by atoms with van der Waals surface area (Å²) in [6.07, 6.45) is -4.09. The first-order valence-corrected chi connectivity index (χ1v) is 6.33. The van der Waals surface area contributed by atoms with Crippen LogP contribution >= 0.6 is 11.8 Å². The number of alkyl halides is 4. The number of amides is 2. The largest absolute Gasteiger partial charge is 0.383 e. The van der Waals surface area contributed by atoms with E-state index >= 15 is 0 Å². The van der Waals surface area contributed by atoms with Gasteiger partial charge in [0.2, 0.25) is 5.91 Å². The second-order valence-corrected chi connectivity index (χ2v) is 4.94. The van der Waals surface area contributed by atoms with E-state index in [1.54, 1.807) is 5.32 Å². The highest BCUT2D eigenvalue weighted by Crippen LogP contribution is 2.34. The minimum Gasteiger partial charge on any atom is -0.324 e. The van der Waals surface area contributed by atoms with Crippen LogP contribution in [0.1, 0.15) is 0 Å². The van der Waals surface area contributed by atoms with Crippen molar-refractivity contribution in [3.8, 4) is 0 Å². The Kier molecular flexibility index (Phi) is 3.89. The van der Waals surface area contributed by atoms with Gasteiger partial charge < -0.3 is 10.6 Å². The van der Waals surface area contributed by atoms with Crippen LogP contribution in [0.15, 0.2) is 23.1 Å². The molecule has 1 aromatic rings. The van der Waals surface area contributed by atoms with Gasteiger partial charge in [0.05, 0.1) is 11.4 Å². The lowest BCUT2D eigenvalue weighted by atomic mass is 10.2. The van der Waals surface area contributed by atoms with Crippen molar-refractivity contribution in [1.82, 2.24) is 0 Å². The zero-order chi connectivity index (χ0) is 14.9. The summed E-state index contributed by atoms with van der Waals surface area (Å²) in [5, 5.41) is 4.19. The van der Waals surface area contributed by atoms with E-state index in [2.05, 4.69) is 5.32 Å². The van der Waals surface area contributed by atoms with Gasteiger partial charge >= 0.3 is 18.3 Å². The van der Waals surface area contributed by atoms with Gasteiger partial charge in [0, 0.05) is 10.6 Å². The quantitative estimate of drug-likeness (QED) is 0.844. The molecule has 0 radical (unpaired) electrons. The Morgan fingerprint density at radius 1 is 1.40 bits per heavy atom. The van der Waals surface area contributed by atoms with Gasteiger partial charge in [-0.25, -0.2) is 8.78 Å². The van der Waals surface area contributed by atoms with Crippen molar-refractivity contribution in [3.05, 3.63) is 18.2 Å². The topological polar surface area (TPSA) is 58.2 Å². The summed E-state index contributed by atoms with van der Waals surface area (Å²) >= 11 is 1.24. The van der Waals surface area contributed by atoms with E-state index in [0.29, 0.717) is 10.6 Å². The average Bonchev–Trinajstić information content (AvgIpc) is 2.37. The summed E-state index contributed by atoms with van der Waals surface area (Å²) in [4.78, 5) is 22.9. The van der Waals surface area contributed by atoms with Crippen molar-refractivity contribution in [3.63, 3.8) is 0 Å². The Labute approximate surface area is 114 Å². The molecular weight excluding hydrogens is 300 g/mol. The van der Waals surface area contributed by atoms with Crippen LogP contribution in [0, 0.1) is 0 Å². The molecule has 2 N–H and O–H groups in total. The van der Waals surface area contributed by atoms with Crippen LogP contribution in [-0.4, -0.2) is 29.9 Å². The summed E-state index contributed by atoms with van der Waals surface area (Å²) in [6.45, 7) is 0. The molecule has 4 nitrogen and oxygen atoms in total. The van der Waals surface area contributed by atoms with Gasteiger partial charge in [-0.1, -0.05) is 0 Å². The monoisotopic (exact) mass is 308 g/mol. The van der Waals surface area contributed by atoms with E-state index in [9.17, 15) is 27.2 Å². The number of nitrogens with one attached hydrogen (secondary N) is 2. The molecule has 1 aliphatic rings. The number of carbonyl (C=O) groups is 2. The van der Waals surface area contributed by atoms with E-state index < -0.39 is 18.3 Å². The van der Waals surface area contributed by atoms with Gasteiger partial charge in [-0.05, 0) is 18.2 Å². The molecule has 0 saturated carbocycles. The van der Waals surface area contributed by atoms with E-state index in [-0.39, 0.29) is 17.3 Å². The molecule has 0 unspecified atom stereocenters. The van der Waals surface area contributed by atoms with E-state index in [1.165, 1.54) is 30.0 Å². The number of halogens is 4. The summed E-state index contributed by atoms with van der Waals surface area (Å²) in [5.74, 6) is -6.91. The first-order valence-electron chi connectivity index (χ1n) is 5.35. The summed E-state index contributed by atoms with van der Waals surface area (Å²) < 4.78 is 49.6. The van der Waals surface area contributed by atoms with Crippen molar-refractivity contribution in [2.45, 2.75) is 17.2 Å². The third-order valence-corrected chi connectivity index (χ3v) is 3.52. The summed E-state index contributed by atoms with van der Waals surface area (Å²) in [5.41, 5.74) is 0.237. The third-order valence-electron chi connectivity index (χ3n) is 2.45. The first-order chi connectivity index (χ1) is 9.30. The Hall–Kier alpha value is -1.77. The highest BCUT2D eigenvalue weighted by molar-refractivity contribution is 8.00. The summed E-state index contributed by atoms with van der Waals surface area (Å²) in [7, 11) is 0. The zero-order valence-corrected chi connectivity index (χ0v) is 10.6. The molecule has 1 aromatic carbocycles. The van der Waals surface area contributed by atoms with Crippen LogP contribution in [0.2, 0.25) is 0 Å². The highest BCUT2D eigenvalue weighted by atomic mass is 32.2. The standard InChI is InChI=1S/C11H8F4N2O2S/c12-9(13)11(14,15)10(19)16-5-1-2-7-6(3-5)17-8(18)4-20-7/h1-3,9H,4H2,(H,16,19)(H,17,18). The predicted octanol–water partition coefficient (Wildman–Crippen LogP) is 2.57. The molecule has 0 aromatic heterocycles. The first kappa shape index (κ1) is 14.6. The van der Waals surface area contributed by atoms with E-state index in [1.807, 2.05) is 0 Å². The van der Waals surface area contributed by atoms with Crippen LogP contribution in [0.3, 0.4) is 0 Å². The Balaban J connectivity index is 2.17. The van der Waals surface area contributed by atoms with Gasteiger partial charge in [0.25, 0.3) is 0 Å². The number of anilines is 2. The van der Waals surface area contributed by atoms with Gasteiger partial charge in [0.1, 0.15) is 0 Å². The number of benzene rings is 1. The van der Waals surface area contributed by atoms with Crippen molar-refractivity contribution < 1.29 is 27.2 Å². The number of hydrogen-bond donors (Lipinski definition) is 2. The maximum atomic E-state index is 12.8. The molecule has 1 heterocycles. The van der Waals surface area contributed by atoms with Gasteiger partial charge in [-0.15, -0.1) is 11.8 Å². The van der Waals surface area contributed by atoms with Crippen LogP contribution < -0.4 is 10.6 Å². The fourth-order valence-corrected chi connectivity index (χ4v) is 2.26. The SMILES string of the molecule is O=C1CSc2ccc(NC(=O)C(F)(F)C(F)F)cc2N1. The van der Waals surface area contributed by atoms with Gasteiger partial charge in [0.15, 0.2) is 0 Å². The molecule has 1 aliphatic heterocycles. The van der Waals surface area contributed by atoms with Gasteiger partial charge in [-0.3, -0.25) is 9.59 Å². The molecule has 2 rings (SSSR count). The molecule has 0 aliphatic carbocycles. The van der Waals surface area contributed by atoms with Crippen LogP contribution in [0.4, 0.5) is 28.9 Å². The summed E-state index contributed by atoms with van der Waals surface area (Å²) in [6, 6.07) is 4.02. The minimum atomic E-state index is -4.77. The van der Waals surface area contributed by atoms with Crippen molar-refractivity contribution in [2.75, 3.05) is 16.4 Å². The van der Waals surface area contributed by atoms with Crippen molar-refractivity contribution in [2.24, 2.45) is 0 Å². The number of hydrogen-bond acceptors (Lipinski definition) is 3. The molecule has 9 heteroatoms. The lowest BCUT2D eigenvalue weighted by molar-refractivity contribution is -0.163. The van der Waals surface area contributed by atoms with E-state index in [0.717, 1.165) is 0 Å². The Bertz CT molecular complexity index is 565. The van der Waals surface area contributed by atoms with Crippen molar-refractivity contribution >= 4 is 35.0 Å². The van der Waals surface area contributed by atoms with E-state index in [4.69, 9.17) is 0 Å². The van der Waals surface area contributed by atoms with Crippen LogP contribution in [0.5, 0.6) is 0 Å². The molecule has 20 heavy (non-hydrogen) atoms. The second-order valence-electron chi connectivity index (χ2n) is 3.93. The molecule has 2 amide bonds. The maximum absolute atomic E-state index is 12.8. The lowest BCUT2D eigenvalue weighted by Crippen LogP contribution is -2.41. The maximum Gasteiger partial charge on any atom is 0.383 e. The van der Waals surface area contributed by atoms with Crippen LogP contribution in [0.25, 0.3) is 0 Å². The number of carbonyl (C=O) groups excluding carboxylic acids is 2. The number of rotatable bonds is 3. The average molecular weight is 308 g/mol. The number of fused-ring (bicyclic) bond motifs is 1. The Morgan fingerprint density at radius 2 is 2.10 bits per heavy atom. The molecule has 0 spiro atoms. The molecule has 0 atom stereocenters.